The topological polar surface area (TPSA) is 67.4 Å². The Hall–Kier alpha value is -2.34. The molecule has 0 saturated heterocycles. The normalized spacial score (nSPS) is 11.8. The third-order valence-electron chi connectivity index (χ3n) is 3.38. The molecule has 1 aromatic heterocycles. The van der Waals surface area contributed by atoms with Crippen LogP contribution in [-0.4, -0.2) is 18.4 Å². The molecule has 0 aliphatic carbocycles. The van der Waals surface area contributed by atoms with Crippen LogP contribution in [0.1, 0.15) is 31.7 Å². The highest BCUT2D eigenvalue weighted by Gasteiger charge is 2.19. The molecule has 2 aromatic rings. The minimum Gasteiger partial charge on any atom is -0.484 e. The first kappa shape index (κ1) is 18.0. The smallest absolute Gasteiger partial charge is 0.258 e. The highest BCUT2D eigenvalue weighted by Crippen LogP contribution is 2.25. The Labute approximate surface area is 146 Å². The summed E-state index contributed by atoms with van der Waals surface area (Å²) < 4.78 is 5.50. The van der Waals surface area contributed by atoms with E-state index in [1.165, 1.54) is 6.92 Å². The number of nitrogens with one attached hydrogen (secondary N) is 2. The third-order valence-corrected chi connectivity index (χ3v) is 4.33. The van der Waals surface area contributed by atoms with Crippen molar-refractivity contribution in [2.75, 3.05) is 11.9 Å². The van der Waals surface area contributed by atoms with Crippen molar-refractivity contribution in [2.45, 2.75) is 26.8 Å². The van der Waals surface area contributed by atoms with Crippen LogP contribution in [0.2, 0.25) is 0 Å². The molecule has 2 amide bonds. The molecule has 128 valence electrons. The fourth-order valence-electron chi connectivity index (χ4n) is 2.24. The van der Waals surface area contributed by atoms with Gasteiger partial charge in [0.25, 0.3) is 5.91 Å². The number of anilines is 1. The summed E-state index contributed by atoms with van der Waals surface area (Å²) in [6.07, 6.45) is 0. The van der Waals surface area contributed by atoms with E-state index in [9.17, 15) is 9.59 Å². The lowest BCUT2D eigenvalue weighted by molar-refractivity contribution is -0.124. The van der Waals surface area contributed by atoms with Crippen LogP contribution in [0, 0.1) is 5.92 Å². The van der Waals surface area contributed by atoms with Crippen molar-refractivity contribution in [1.29, 1.82) is 0 Å². The zero-order valence-corrected chi connectivity index (χ0v) is 14.9. The first-order valence-electron chi connectivity index (χ1n) is 7.79. The van der Waals surface area contributed by atoms with Crippen LogP contribution in [0.4, 0.5) is 5.69 Å². The maximum atomic E-state index is 12.2. The van der Waals surface area contributed by atoms with Gasteiger partial charge in [-0.15, -0.1) is 11.3 Å². The van der Waals surface area contributed by atoms with Crippen LogP contribution in [0.5, 0.6) is 5.75 Å². The minimum atomic E-state index is -0.159. The molecule has 2 N–H and O–H groups in total. The molecule has 1 heterocycles. The van der Waals surface area contributed by atoms with Crippen molar-refractivity contribution in [2.24, 2.45) is 5.92 Å². The van der Waals surface area contributed by atoms with Crippen LogP contribution >= 0.6 is 11.3 Å². The quantitative estimate of drug-likeness (QED) is 0.805. The maximum absolute atomic E-state index is 12.2. The van der Waals surface area contributed by atoms with Gasteiger partial charge >= 0.3 is 0 Å². The number of carbonyl (C=O) groups is 2. The number of hydrogen-bond donors (Lipinski definition) is 2. The van der Waals surface area contributed by atoms with E-state index < -0.39 is 0 Å². The molecule has 24 heavy (non-hydrogen) atoms. The van der Waals surface area contributed by atoms with Gasteiger partial charge in [0, 0.05) is 17.5 Å². The molecular weight excluding hydrogens is 324 g/mol. The number of benzene rings is 1. The van der Waals surface area contributed by atoms with Gasteiger partial charge in [-0.3, -0.25) is 9.59 Å². The Kier molecular flexibility index (Phi) is 6.37. The molecule has 0 radical (unpaired) electrons. The summed E-state index contributed by atoms with van der Waals surface area (Å²) in [5.41, 5.74) is 0.692. The SMILES string of the molecule is CC(=O)Nc1ccc(OCC(=O)NC(c2cccs2)C(C)C)cc1. The second-order valence-corrected chi connectivity index (χ2v) is 6.78. The van der Waals surface area contributed by atoms with Crippen molar-refractivity contribution in [3.63, 3.8) is 0 Å². The summed E-state index contributed by atoms with van der Waals surface area (Å²) in [7, 11) is 0. The van der Waals surface area contributed by atoms with E-state index >= 15 is 0 Å². The second-order valence-electron chi connectivity index (χ2n) is 5.80. The Morgan fingerprint density at radius 2 is 1.88 bits per heavy atom. The monoisotopic (exact) mass is 346 g/mol. The highest BCUT2D eigenvalue weighted by molar-refractivity contribution is 7.10. The number of rotatable bonds is 7. The summed E-state index contributed by atoms with van der Waals surface area (Å²) in [5.74, 6) is 0.588. The fourth-order valence-corrected chi connectivity index (χ4v) is 3.19. The first-order chi connectivity index (χ1) is 11.5. The predicted molar refractivity (Wildman–Crippen MR) is 96.3 cm³/mol. The average Bonchev–Trinajstić information content (AvgIpc) is 3.05. The Bertz CT molecular complexity index is 666. The van der Waals surface area contributed by atoms with Crippen molar-refractivity contribution < 1.29 is 14.3 Å². The molecule has 0 fully saturated rings. The van der Waals surface area contributed by atoms with Crippen molar-refractivity contribution in [1.82, 2.24) is 5.32 Å². The van der Waals surface area contributed by atoms with E-state index in [0.29, 0.717) is 17.4 Å². The minimum absolute atomic E-state index is 0.0109. The van der Waals surface area contributed by atoms with E-state index in [1.54, 1.807) is 35.6 Å². The van der Waals surface area contributed by atoms with Crippen molar-refractivity contribution in [3.8, 4) is 5.75 Å². The lowest BCUT2D eigenvalue weighted by Crippen LogP contribution is -2.34. The standard InChI is InChI=1S/C18H22N2O3S/c1-12(2)18(16-5-4-10-24-16)20-17(22)11-23-15-8-6-14(7-9-15)19-13(3)21/h4-10,12,18H,11H2,1-3H3,(H,19,21)(H,20,22). The van der Waals surface area contributed by atoms with Gasteiger partial charge in [-0.2, -0.15) is 0 Å². The van der Waals surface area contributed by atoms with Crippen LogP contribution in [0.3, 0.4) is 0 Å². The molecule has 1 unspecified atom stereocenters. The van der Waals surface area contributed by atoms with E-state index in [2.05, 4.69) is 24.5 Å². The molecule has 1 aromatic carbocycles. The van der Waals surface area contributed by atoms with Crippen LogP contribution < -0.4 is 15.4 Å². The summed E-state index contributed by atoms with van der Waals surface area (Å²) in [6, 6.07) is 10.9. The number of hydrogen-bond acceptors (Lipinski definition) is 4. The fraction of sp³-hybridized carbons (Fsp3) is 0.333. The molecule has 1 atom stereocenters. The molecule has 0 saturated carbocycles. The van der Waals surface area contributed by atoms with E-state index in [-0.39, 0.29) is 24.5 Å². The summed E-state index contributed by atoms with van der Waals surface area (Å²) in [4.78, 5) is 24.3. The molecule has 0 aliphatic heterocycles. The molecule has 0 bridgehead atoms. The van der Waals surface area contributed by atoms with E-state index in [0.717, 1.165) is 4.88 Å². The highest BCUT2D eigenvalue weighted by atomic mass is 32.1. The largest absolute Gasteiger partial charge is 0.484 e. The van der Waals surface area contributed by atoms with Gasteiger partial charge in [0.1, 0.15) is 5.75 Å². The van der Waals surface area contributed by atoms with Crippen molar-refractivity contribution in [3.05, 3.63) is 46.7 Å². The first-order valence-corrected chi connectivity index (χ1v) is 8.67. The van der Waals surface area contributed by atoms with Gasteiger partial charge in [-0.1, -0.05) is 19.9 Å². The second kappa shape index (κ2) is 8.49. The maximum Gasteiger partial charge on any atom is 0.258 e. The summed E-state index contributed by atoms with van der Waals surface area (Å²) in [5, 5.41) is 7.70. The number of carbonyl (C=O) groups excluding carboxylic acids is 2. The Balaban J connectivity index is 1.87. The van der Waals surface area contributed by atoms with Gasteiger partial charge in [0.15, 0.2) is 6.61 Å². The van der Waals surface area contributed by atoms with E-state index in [1.807, 2.05) is 17.5 Å². The van der Waals surface area contributed by atoms with Crippen LogP contribution in [0.15, 0.2) is 41.8 Å². The Morgan fingerprint density at radius 1 is 1.17 bits per heavy atom. The molecule has 2 rings (SSSR count). The van der Waals surface area contributed by atoms with Gasteiger partial charge < -0.3 is 15.4 Å². The molecule has 0 aliphatic rings. The lowest BCUT2D eigenvalue weighted by Gasteiger charge is -2.21. The number of thiophene rings is 1. The molecule has 6 heteroatoms. The van der Waals surface area contributed by atoms with E-state index in [4.69, 9.17) is 4.74 Å². The average molecular weight is 346 g/mol. The van der Waals surface area contributed by atoms with Gasteiger partial charge in [-0.05, 0) is 41.6 Å². The van der Waals surface area contributed by atoms with Gasteiger partial charge in [0.2, 0.25) is 5.91 Å². The summed E-state index contributed by atoms with van der Waals surface area (Å²) >= 11 is 1.63. The predicted octanol–water partition coefficient (Wildman–Crippen LogP) is 3.60. The molecule has 0 spiro atoms. The Morgan fingerprint density at radius 3 is 2.42 bits per heavy atom. The van der Waals surface area contributed by atoms with Gasteiger partial charge in [-0.25, -0.2) is 0 Å². The number of amides is 2. The van der Waals surface area contributed by atoms with Crippen molar-refractivity contribution >= 4 is 28.8 Å². The van der Waals surface area contributed by atoms with Crippen LogP contribution in [-0.2, 0) is 9.59 Å². The third kappa shape index (κ3) is 5.38. The zero-order chi connectivity index (χ0) is 17.5. The molecular formula is C18H22N2O3S. The zero-order valence-electron chi connectivity index (χ0n) is 14.0. The molecule has 5 nitrogen and oxygen atoms in total. The van der Waals surface area contributed by atoms with Gasteiger partial charge in [0.05, 0.1) is 6.04 Å². The van der Waals surface area contributed by atoms with Crippen LogP contribution in [0.25, 0.3) is 0 Å². The number of ether oxygens (including phenoxy) is 1. The summed E-state index contributed by atoms with van der Waals surface area (Å²) in [6.45, 7) is 5.56. The lowest BCUT2D eigenvalue weighted by atomic mass is 10.0.